The first-order valence-electron chi connectivity index (χ1n) is 8.38. The molecule has 1 fully saturated rings. The number of nitrogens with one attached hydrogen (secondary N) is 1. The highest BCUT2D eigenvalue weighted by molar-refractivity contribution is 5.86. The Balaban J connectivity index is 1.52. The van der Waals surface area contributed by atoms with Crippen molar-refractivity contribution in [2.45, 2.75) is 32.0 Å². The zero-order chi connectivity index (χ0) is 17.5. The van der Waals surface area contributed by atoms with Crippen LogP contribution in [0.5, 0.6) is 0 Å². The second-order valence-electron chi connectivity index (χ2n) is 5.97. The number of hydrogen-bond acceptors (Lipinski definition) is 4. The first-order valence-corrected chi connectivity index (χ1v) is 8.38. The van der Waals surface area contributed by atoms with Gasteiger partial charge in [-0.15, -0.1) is 0 Å². The van der Waals surface area contributed by atoms with Crippen LogP contribution in [0.3, 0.4) is 0 Å². The van der Waals surface area contributed by atoms with Gasteiger partial charge in [-0.2, -0.15) is 0 Å². The quantitative estimate of drug-likeness (QED) is 0.908. The van der Waals surface area contributed by atoms with Crippen molar-refractivity contribution >= 4 is 12.0 Å². The van der Waals surface area contributed by atoms with Crippen molar-refractivity contribution in [3.05, 3.63) is 66.0 Å². The number of rotatable bonds is 5. The van der Waals surface area contributed by atoms with Crippen molar-refractivity contribution in [3.8, 4) is 0 Å². The number of benzene rings is 1. The number of carbonyl (C=O) groups is 2. The molecule has 0 spiro atoms. The molecule has 0 aliphatic carbocycles. The molecule has 1 aliphatic rings. The van der Waals surface area contributed by atoms with E-state index in [0.29, 0.717) is 19.5 Å². The largest absolute Gasteiger partial charge is 0.445 e. The molecule has 1 saturated heterocycles. The summed E-state index contributed by atoms with van der Waals surface area (Å²) in [7, 11) is 0. The van der Waals surface area contributed by atoms with Crippen LogP contribution in [0.2, 0.25) is 0 Å². The number of ether oxygens (including phenoxy) is 1. The molecule has 2 aromatic rings. The Morgan fingerprint density at radius 1 is 1.16 bits per heavy atom. The van der Waals surface area contributed by atoms with E-state index in [1.807, 2.05) is 42.5 Å². The summed E-state index contributed by atoms with van der Waals surface area (Å²) in [6, 6.07) is 12.7. The summed E-state index contributed by atoms with van der Waals surface area (Å²) in [5.74, 6) is -0.155. The van der Waals surface area contributed by atoms with E-state index in [9.17, 15) is 9.59 Å². The highest BCUT2D eigenvalue weighted by Gasteiger charge is 2.34. The summed E-state index contributed by atoms with van der Waals surface area (Å²) in [6.07, 6.45) is 4.40. The van der Waals surface area contributed by atoms with E-state index in [1.54, 1.807) is 12.4 Å². The van der Waals surface area contributed by atoms with E-state index < -0.39 is 12.1 Å². The van der Waals surface area contributed by atoms with Crippen LogP contribution >= 0.6 is 0 Å². The zero-order valence-corrected chi connectivity index (χ0v) is 13.9. The number of nitrogens with zero attached hydrogens (tertiary/aromatic N) is 2. The van der Waals surface area contributed by atoms with Crippen LogP contribution < -0.4 is 5.32 Å². The van der Waals surface area contributed by atoms with Crippen molar-refractivity contribution in [2.24, 2.45) is 0 Å². The predicted octanol–water partition coefficient (Wildman–Crippen LogP) is 2.50. The van der Waals surface area contributed by atoms with E-state index in [2.05, 4.69) is 10.3 Å². The monoisotopic (exact) mass is 339 g/mol. The van der Waals surface area contributed by atoms with Crippen LogP contribution in [0.15, 0.2) is 54.9 Å². The van der Waals surface area contributed by atoms with Crippen molar-refractivity contribution in [1.29, 1.82) is 0 Å². The van der Waals surface area contributed by atoms with E-state index in [-0.39, 0.29) is 12.5 Å². The molecule has 1 aromatic heterocycles. The minimum Gasteiger partial charge on any atom is -0.445 e. The maximum Gasteiger partial charge on any atom is 0.410 e. The van der Waals surface area contributed by atoms with Gasteiger partial charge in [0.25, 0.3) is 0 Å². The Morgan fingerprint density at radius 2 is 1.96 bits per heavy atom. The molecule has 0 radical (unpaired) electrons. The van der Waals surface area contributed by atoms with Crippen molar-refractivity contribution < 1.29 is 14.3 Å². The maximum absolute atomic E-state index is 12.4. The summed E-state index contributed by atoms with van der Waals surface area (Å²) in [4.78, 5) is 30.3. The molecule has 1 aromatic carbocycles. The van der Waals surface area contributed by atoms with Gasteiger partial charge in [-0.1, -0.05) is 36.4 Å². The number of likely N-dealkylation sites (tertiary alicyclic amines) is 1. The van der Waals surface area contributed by atoms with Gasteiger partial charge in [0.2, 0.25) is 5.91 Å². The van der Waals surface area contributed by atoms with E-state index in [4.69, 9.17) is 4.74 Å². The van der Waals surface area contributed by atoms with Crippen LogP contribution in [0, 0.1) is 0 Å². The Kier molecular flexibility index (Phi) is 5.61. The van der Waals surface area contributed by atoms with Gasteiger partial charge in [0.1, 0.15) is 12.6 Å². The SMILES string of the molecule is O=C(NCc1cccnc1)C1CCCN1C(=O)OCc1ccccc1. The minimum atomic E-state index is -0.472. The molecular weight excluding hydrogens is 318 g/mol. The smallest absolute Gasteiger partial charge is 0.410 e. The minimum absolute atomic E-state index is 0.155. The highest BCUT2D eigenvalue weighted by atomic mass is 16.6. The average Bonchev–Trinajstić information content (AvgIpc) is 3.16. The van der Waals surface area contributed by atoms with Crippen molar-refractivity contribution in [3.63, 3.8) is 0 Å². The van der Waals surface area contributed by atoms with Gasteiger partial charge in [0, 0.05) is 25.5 Å². The summed E-state index contributed by atoms with van der Waals surface area (Å²) >= 11 is 0. The number of pyridine rings is 1. The maximum atomic E-state index is 12.4. The number of aromatic nitrogens is 1. The van der Waals surface area contributed by atoms with Crippen LogP contribution in [-0.4, -0.2) is 34.5 Å². The van der Waals surface area contributed by atoms with Gasteiger partial charge in [-0.3, -0.25) is 14.7 Å². The molecule has 25 heavy (non-hydrogen) atoms. The predicted molar refractivity (Wildman–Crippen MR) is 92.4 cm³/mol. The van der Waals surface area contributed by atoms with E-state index in [1.165, 1.54) is 4.90 Å². The topological polar surface area (TPSA) is 71.5 Å². The third-order valence-corrected chi connectivity index (χ3v) is 4.18. The summed E-state index contributed by atoms with van der Waals surface area (Å²) in [6.45, 7) is 1.15. The lowest BCUT2D eigenvalue weighted by atomic mass is 10.2. The van der Waals surface area contributed by atoms with Gasteiger partial charge in [-0.05, 0) is 30.0 Å². The molecule has 0 saturated carbocycles. The fraction of sp³-hybridized carbons (Fsp3) is 0.316. The van der Waals surface area contributed by atoms with Crippen LogP contribution in [0.25, 0.3) is 0 Å². The Hall–Kier alpha value is -2.89. The fourth-order valence-electron chi connectivity index (χ4n) is 2.87. The van der Waals surface area contributed by atoms with Crippen molar-refractivity contribution in [2.75, 3.05) is 6.54 Å². The molecule has 2 heterocycles. The Morgan fingerprint density at radius 3 is 2.72 bits per heavy atom. The second kappa shape index (κ2) is 8.28. The average molecular weight is 339 g/mol. The molecule has 1 atom stereocenters. The highest BCUT2D eigenvalue weighted by Crippen LogP contribution is 2.19. The lowest BCUT2D eigenvalue weighted by Crippen LogP contribution is -2.45. The van der Waals surface area contributed by atoms with Gasteiger partial charge < -0.3 is 10.1 Å². The molecule has 1 aliphatic heterocycles. The molecule has 1 unspecified atom stereocenters. The van der Waals surface area contributed by atoms with Gasteiger partial charge >= 0.3 is 6.09 Å². The number of carbonyl (C=O) groups excluding carboxylic acids is 2. The first kappa shape index (κ1) is 17.0. The summed E-state index contributed by atoms with van der Waals surface area (Å²) < 4.78 is 5.35. The zero-order valence-electron chi connectivity index (χ0n) is 13.9. The molecule has 0 bridgehead atoms. The van der Waals surface area contributed by atoms with Gasteiger partial charge in [0.15, 0.2) is 0 Å². The lowest BCUT2D eigenvalue weighted by molar-refractivity contribution is -0.125. The van der Waals surface area contributed by atoms with Crippen LogP contribution in [0.4, 0.5) is 4.79 Å². The normalized spacial score (nSPS) is 16.5. The molecule has 6 nitrogen and oxygen atoms in total. The second-order valence-corrected chi connectivity index (χ2v) is 5.97. The molecule has 2 amide bonds. The van der Waals surface area contributed by atoms with Gasteiger partial charge in [0.05, 0.1) is 0 Å². The first-order chi connectivity index (χ1) is 12.2. The molecular formula is C19H21N3O3. The molecule has 1 N–H and O–H groups in total. The van der Waals surface area contributed by atoms with Crippen molar-refractivity contribution in [1.82, 2.24) is 15.2 Å². The fourth-order valence-corrected chi connectivity index (χ4v) is 2.87. The van der Waals surface area contributed by atoms with E-state index >= 15 is 0 Å². The molecule has 3 rings (SSSR count). The Labute approximate surface area is 146 Å². The summed E-state index contributed by atoms with van der Waals surface area (Å²) in [5.41, 5.74) is 1.85. The van der Waals surface area contributed by atoms with Crippen LogP contribution in [0.1, 0.15) is 24.0 Å². The lowest BCUT2D eigenvalue weighted by Gasteiger charge is -2.23. The van der Waals surface area contributed by atoms with Crippen LogP contribution in [-0.2, 0) is 22.7 Å². The third-order valence-electron chi connectivity index (χ3n) is 4.18. The number of amides is 2. The van der Waals surface area contributed by atoms with E-state index in [0.717, 1.165) is 17.5 Å². The molecule has 6 heteroatoms. The number of hydrogen-bond donors (Lipinski definition) is 1. The molecule has 130 valence electrons. The van der Waals surface area contributed by atoms with Gasteiger partial charge in [-0.25, -0.2) is 4.79 Å². The standard InChI is InChI=1S/C19H21N3O3/c23-18(21-13-16-8-4-10-20-12-16)17-9-5-11-22(17)19(24)25-14-15-6-2-1-3-7-15/h1-4,6-8,10,12,17H,5,9,11,13-14H2,(H,21,23). The summed E-state index contributed by atoms with van der Waals surface area (Å²) in [5, 5.41) is 2.87. The Bertz CT molecular complexity index is 645. The third kappa shape index (κ3) is 4.56.